The third-order valence-electron chi connectivity index (χ3n) is 6.37. The number of aryl methyl sites for hydroxylation is 1. The van der Waals surface area contributed by atoms with Gasteiger partial charge in [-0.25, -0.2) is 9.97 Å². The predicted molar refractivity (Wildman–Crippen MR) is 154 cm³/mol. The zero-order valence-corrected chi connectivity index (χ0v) is 22.9. The molecule has 2 aromatic carbocycles. The van der Waals surface area contributed by atoms with E-state index in [0.29, 0.717) is 18.2 Å². The van der Waals surface area contributed by atoms with Crippen LogP contribution in [0.3, 0.4) is 0 Å². The smallest absolute Gasteiger partial charge is 0.289 e. The zero-order valence-electron chi connectivity index (χ0n) is 21.2. The van der Waals surface area contributed by atoms with Crippen LogP contribution in [0.5, 0.6) is 0 Å². The first-order chi connectivity index (χ1) is 17.1. The van der Waals surface area contributed by atoms with Gasteiger partial charge in [0, 0.05) is 23.5 Å². The van der Waals surface area contributed by atoms with Gasteiger partial charge in [-0.15, -0.1) is 24.8 Å². The van der Waals surface area contributed by atoms with Crippen molar-refractivity contribution in [1.29, 1.82) is 0 Å². The van der Waals surface area contributed by atoms with Crippen LogP contribution in [0.1, 0.15) is 67.2 Å². The van der Waals surface area contributed by atoms with Crippen LogP contribution in [0.15, 0.2) is 53.5 Å². The molecule has 1 fully saturated rings. The maximum atomic E-state index is 12.8. The van der Waals surface area contributed by atoms with Gasteiger partial charge < -0.3 is 10.6 Å². The first-order valence-electron chi connectivity index (χ1n) is 12.5. The lowest BCUT2D eigenvalue weighted by molar-refractivity contribution is 0.0943. The highest BCUT2D eigenvalue weighted by Crippen LogP contribution is 2.28. The minimum atomic E-state index is -0.266. The van der Waals surface area contributed by atoms with E-state index in [1.54, 1.807) is 0 Å². The van der Waals surface area contributed by atoms with Crippen LogP contribution in [-0.4, -0.2) is 45.5 Å². The van der Waals surface area contributed by atoms with Crippen molar-refractivity contribution >= 4 is 53.3 Å². The number of hydroxylamine groups is 1. The minimum Gasteiger partial charge on any atom is -0.365 e. The molecule has 8 nitrogen and oxygen atoms in total. The van der Waals surface area contributed by atoms with Crippen molar-refractivity contribution in [2.24, 2.45) is 4.99 Å². The van der Waals surface area contributed by atoms with Gasteiger partial charge in [0.05, 0.1) is 11.6 Å². The minimum absolute atomic E-state index is 0. The second-order valence-electron chi connectivity index (χ2n) is 9.08. The molecule has 1 aliphatic rings. The van der Waals surface area contributed by atoms with Crippen molar-refractivity contribution in [3.05, 3.63) is 65.5 Å². The number of aromatic nitrogens is 2. The van der Waals surface area contributed by atoms with Crippen molar-refractivity contribution in [1.82, 2.24) is 20.8 Å². The van der Waals surface area contributed by atoms with Crippen molar-refractivity contribution < 1.29 is 10.0 Å². The SMILES string of the molecule is CCCCNC(=O)c1nc(N[C@H]2CCCC[C@H]2N=C(NO)c2ccccc2)c2cc(C)ccc2n1.Cl.Cl. The molecule has 0 unspecified atom stereocenters. The van der Waals surface area contributed by atoms with E-state index >= 15 is 0 Å². The number of aliphatic imine (C=N–C) groups is 1. The molecular formula is C27H36Cl2N6O2. The van der Waals surface area contributed by atoms with Crippen molar-refractivity contribution in [2.75, 3.05) is 11.9 Å². The van der Waals surface area contributed by atoms with Gasteiger partial charge in [-0.2, -0.15) is 0 Å². The Morgan fingerprint density at radius 2 is 1.84 bits per heavy atom. The second kappa shape index (κ2) is 14.7. The number of rotatable bonds is 8. The second-order valence-corrected chi connectivity index (χ2v) is 9.08. The Hall–Kier alpha value is -2.94. The zero-order chi connectivity index (χ0) is 24.6. The molecular weight excluding hydrogens is 511 g/mol. The molecule has 200 valence electrons. The Morgan fingerprint density at radius 1 is 1.08 bits per heavy atom. The van der Waals surface area contributed by atoms with Gasteiger partial charge in [0.25, 0.3) is 5.91 Å². The standard InChI is InChI=1S/C27H34N6O2.2ClH/c1-3-4-16-28-27(34)26-29-21-15-14-18(2)17-20(21)25(32-26)31-23-13-9-8-12-22(23)30-24(33-35)19-10-6-5-7-11-19;;/h5-7,10-11,14-15,17,22-23,35H,3-4,8-9,12-13,16H2,1-2H3,(H,28,34)(H,30,33)(H,29,31,32);2*1H/t22-,23+;;/m1../s1. The molecule has 0 radical (unpaired) electrons. The molecule has 1 saturated carbocycles. The van der Waals surface area contributed by atoms with Gasteiger partial charge in [0.15, 0.2) is 5.84 Å². The number of benzene rings is 2. The number of carbonyl (C=O) groups excluding carboxylic acids is 1. The number of hydrogen-bond donors (Lipinski definition) is 4. The van der Waals surface area contributed by atoms with Crippen LogP contribution >= 0.6 is 24.8 Å². The Balaban J connectivity index is 0.00000241. The van der Waals surface area contributed by atoms with Gasteiger partial charge in [0.2, 0.25) is 5.82 Å². The number of nitrogens with zero attached hydrogens (tertiary/aromatic N) is 3. The normalized spacial score (nSPS) is 17.3. The molecule has 1 aliphatic carbocycles. The molecule has 1 aromatic heterocycles. The quantitative estimate of drug-likeness (QED) is 0.129. The fourth-order valence-corrected chi connectivity index (χ4v) is 4.45. The number of halogens is 2. The van der Waals surface area contributed by atoms with Gasteiger partial charge in [0.1, 0.15) is 5.82 Å². The largest absolute Gasteiger partial charge is 0.365 e. The number of amides is 1. The maximum Gasteiger partial charge on any atom is 0.289 e. The summed E-state index contributed by atoms with van der Waals surface area (Å²) in [7, 11) is 0. The monoisotopic (exact) mass is 546 g/mol. The van der Waals surface area contributed by atoms with Crippen LogP contribution in [-0.2, 0) is 0 Å². The Morgan fingerprint density at radius 3 is 2.57 bits per heavy atom. The van der Waals surface area contributed by atoms with E-state index in [0.717, 1.165) is 60.6 Å². The lowest BCUT2D eigenvalue weighted by Gasteiger charge is -2.31. The molecule has 0 bridgehead atoms. The van der Waals surface area contributed by atoms with Gasteiger partial charge >= 0.3 is 0 Å². The maximum absolute atomic E-state index is 12.8. The molecule has 0 aliphatic heterocycles. The Labute approximate surface area is 230 Å². The highest BCUT2D eigenvalue weighted by atomic mass is 35.5. The number of hydrogen-bond acceptors (Lipinski definition) is 6. The summed E-state index contributed by atoms with van der Waals surface area (Å²) in [6.45, 7) is 4.71. The number of unbranched alkanes of at least 4 members (excludes halogenated alkanes) is 1. The predicted octanol–water partition coefficient (Wildman–Crippen LogP) is 5.46. The van der Waals surface area contributed by atoms with Crippen LogP contribution in [0.4, 0.5) is 5.82 Å². The summed E-state index contributed by atoms with van der Waals surface area (Å²) < 4.78 is 0. The molecule has 4 N–H and O–H groups in total. The summed E-state index contributed by atoms with van der Waals surface area (Å²) >= 11 is 0. The van der Waals surface area contributed by atoms with E-state index in [-0.39, 0.29) is 48.6 Å². The van der Waals surface area contributed by atoms with E-state index in [1.807, 2.05) is 55.5 Å². The van der Waals surface area contributed by atoms with Crippen LogP contribution < -0.4 is 16.1 Å². The van der Waals surface area contributed by atoms with Crippen molar-refractivity contribution in [3.8, 4) is 0 Å². The number of nitrogens with one attached hydrogen (secondary N) is 3. The summed E-state index contributed by atoms with van der Waals surface area (Å²) in [4.78, 5) is 26.8. The van der Waals surface area contributed by atoms with E-state index in [2.05, 4.69) is 33.0 Å². The molecule has 2 atom stereocenters. The summed E-state index contributed by atoms with van der Waals surface area (Å²) in [5.74, 6) is 0.990. The third kappa shape index (κ3) is 7.77. The van der Waals surface area contributed by atoms with Crippen molar-refractivity contribution in [2.45, 2.75) is 64.5 Å². The summed E-state index contributed by atoms with van der Waals surface area (Å²) in [5, 5.41) is 17.2. The van der Waals surface area contributed by atoms with Gasteiger partial charge in [-0.3, -0.25) is 20.5 Å². The topological polar surface area (TPSA) is 112 Å². The lowest BCUT2D eigenvalue weighted by Crippen LogP contribution is -2.38. The highest BCUT2D eigenvalue weighted by molar-refractivity contribution is 5.98. The number of amidine groups is 1. The third-order valence-corrected chi connectivity index (χ3v) is 6.37. The highest BCUT2D eigenvalue weighted by Gasteiger charge is 2.27. The first-order valence-corrected chi connectivity index (χ1v) is 12.5. The first kappa shape index (κ1) is 30.3. The molecule has 3 aromatic rings. The average molecular weight is 548 g/mol. The van der Waals surface area contributed by atoms with E-state index in [9.17, 15) is 10.0 Å². The summed E-state index contributed by atoms with van der Waals surface area (Å²) in [6.07, 6.45) is 5.85. The fourth-order valence-electron chi connectivity index (χ4n) is 4.45. The van der Waals surface area contributed by atoms with Gasteiger partial charge in [-0.05, 0) is 38.3 Å². The average Bonchev–Trinajstić information content (AvgIpc) is 2.88. The van der Waals surface area contributed by atoms with Gasteiger partial charge in [-0.1, -0.05) is 68.1 Å². The lowest BCUT2D eigenvalue weighted by atomic mass is 9.90. The molecule has 0 spiro atoms. The summed E-state index contributed by atoms with van der Waals surface area (Å²) in [5.41, 5.74) is 4.93. The van der Waals surface area contributed by atoms with Crippen molar-refractivity contribution in [3.63, 3.8) is 0 Å². The molecule has 4 rings (SSSR count). The van der Waals surface area contributed by atoms with Crippen LogP contribution in [0.2, 0.25) is 0 Å². The molecule has 37 heavy (non-hydrogen) atoms. The fraction of sp³-hybridized carbons (Fsp3) is 0.407. The summed E-state index contributed by atoms with van der Waals surface area (Å²) in [6, 6.07) is 15.5. The molecule has 0 saturated heterocycles. The Kier molecular flexibility index (Phi) is 12.0. The van der Waals surface area contributed by atoms with E-state index in [4.69, 9.17) is 4.99 Å². The van der Waals surface area contributed by atoms with E-state index in [1.165, 1.54) is 0 Å². The molecule has 1 heterocycles. The number of fused-ring (bicyclic) bond motifs is 1. The Bertz CT molecular complexity index is 1190. The van der Waals surface area contributed by atoms with E-state index < -0.39 is 0 Å². The molecule has 10 heteroatoms. The number of anilines is 1. The molecule has 1 amide bonds. The number of carbonyl (C=O) groups is 1. The van der Waals surface area contributed by atoms with Crippen LogP contribution in [0.25, 0.3) is 10.9 Å². The van der Waals surface area contributed by atoms with Crippen LogP contribution in [0, 0.1) is 6.92 Å².